The second kappa shape index (κ2) is 9.42. The number of rotatable bonds is 8. The first-order valence-corrected chi connectivity index (χ1v) is 10.3. The van der Waals surface area contributed by atoms with E-state index in [4.69, 9.17) is 9.26 Å². The molecule has 0 aliphatic carbocycles. The van der Waals surface area contributed by atoms with Crippen molar-refractivity contribution in [1.29, 1.82) is 0 Å². The van der Waals surface area contributed by atoms with Crippen LogP contribution in [0.1, 0.15) is 46.9 Å². The van der Waals surface area contributed by atoms with Crippen LogP contribution in [0.5, 0.6) is 5.75 Å². The van der Waals surface area contributed by atoms with Crippen molar-refractivity contribution >= 4 is 11.8 Å². The van der Waals surface area contributed by atoms with Gasteiger partial charge in [0.25, 0.3) is 5.91 Å². The van der Waals surface area contributed by atoms with E-state index in [2.05, 4.69) is 15.5 Å². The number of aromatic nitrogens is 2. The molecule has 1 aromatic heterocycles. The van der Waals surface area contributed by atoms with E-state index in [-0.39, 0.29) is 24.3 Å². The molecule has 8 nitrogen and oxygen atoms in total. The summed E-state index contributed by atoms with van der Waals surface area (Å²) < 4.78 is 10.9. The van der Waals surface area contributed by atoms with Crippen LogP contribution in [-0.4, -0.2) is 40.0 Å². The predicted molar refractivity (Wildman–Crippen MR) is 112 cm³/mol. The van der Waals surface area contributed by atoms with Gasteiger partial charge < -0.3 is 19.5 Å². The highest BCUT2D eigenvalue weighted by molar-refractivity contribution is 5.93. The van der Waals surface area contributed by atoms with Crippen LogP contribution in [-0.2, 0) is 17.9 Å². The topological polar surface area (TPSA) is 97.6 Å². The standard InChI is InChI=1S/C23H24N4O4/c1-2-30-19-11-7-6-10-17(19)14-27-15-18(12-21(27)28)22-25-20(31-26-22)13-24-23(29)16-8-4-3-5-9-16/h3-11,18H,2,12-15H2,1H3,(H,24,29). The highest BCUT2D eigenvalue weighted by Gasteiger charge is 2.34. The molecule has 1 aliphatic heterocycles. The molecule has 1 N–H and O–H groups in total. The lowest BCUT2D eigenvalue weighted by molar-refractivity contribution is -0.128. The van der Waals surface area contributed by atoms with Gasteiger partial charge in [-0.3, -0.25) is 9.59 Å². The molecule has 1 aliphatic rings. The van der Waals surface area contributed by atoms with Gasteiger partial charge in [0.2, 0.25) is 11.8 Å². The Hall–Kier alpha value is -3.68. The molecule has 8 heteroatoms. The van der Waals surface area contributed by atoms with E-state index in [0.717, 1.165) is 11.3 Å². The third-order valence-electron chi connectivity index (χ3n) is 5.13. The molecule has 0 bridgehead atoms. The maximum Gasteiger partial charge on any atom is 0.251 e. The van der Waals surface area contributed by atoms with Crippen molar-refractivity contribution in [3.63, 3.8) is 0 Å². The Labute approximate surface area is 180 Å². The Morgan fingerprint density at radius 3 is 2.77 bits per heavy atom. The van der Waals surface area contributed by atoms with Crippen molar-refractivity contribution in [2.75, 3.05) is 13.2 Å². The first-order valence-electron chi connectivity index (χ1n) is 10.3. The first kappa shape index (κ1) is 20.6. The summed E-state index contributed by atoms with van der Waals surface area (Å²) in [7, 11) is 0. The molecule has 2 aromatic carbocycles. The maximum absolute atomic E-state index is 12.6. The third-order valence-corrected chi connectivity index (χ3v) is 5.13. The van der Waals surface area contributed by atoms with Crippen LogP contribution in [0.2, 0.25) is 0 Å². The highest BCUT2D eigenvalue weighted by atomic mass is 16.5. The van der Waals surface area contributed by atoms with Crippen molar-refractivity contribution < 1.29 is 18.8 Å². The number of para-hydroxylation sites is 1. The van der Waals surface area contributed by atoms with Crippen LogP contribution in [0, 0.1) is 0 Å². The van der Waals surface area contributed by atoms with E-state index >= 15 is 0 Å². The number of nitrogens with zero attached hydrogens (tertiary/aromatic N) is 3. The zero-order valence-electron chi connectivity index (χ0n) is 17.3. The molecule has 0 saturated carbocycles. The van der Waals surface area contributed by atoms with Gasteiger partial charge in [0, 0.05) is 36.6 Å². The van der Waals surface area contributed by atoms with Gasteiger partial charge in [0.05, 0.1) is 13.2 Å². The SMILES string of the molecule is CCOc1ccccc1CN1CC(c2noc(CNC(=O)c3ccccc3)n2)CC1=O. The van der Waals surface area contributed by atoms with Gasteiger partial charge in [0.1, 0.15) is 5.75 Å². The molecular weight excluding hydrogens is 396 g/mol. The minimum Gasteiger partial charge on any atom is -0.494 e. The Kier molecular flexibility index (Phi) is 6.26. The van der Waals surface area contributed by atoms with E-state index in [9.17, 15) is 9.59 Å². The maximum atomic E-state index is 12.6. The average molecular weight is 420 g/mol. The van der Waals surface area contributed by atoms with Gasteiger partial charge in [0.15, 0.2) is 5.82 Å². The van der Waals surface area contributed by atoms with Crippen molar-refractivity contribution in [2.24, 2.45) is 0 Å². The summed E-state index contributed by atoms with van der Waals surface area (Å²) in [6.45, 7) is 3.62. The fourth-order valence-corrected chi connectivity index (χ4v) is 3.59. The van der Waals surface area contributed by atoms with Crippen LogP contribution in [0.3, 0.4) is 0 Å². The average Bonchev–Trinajstić information content (AvgIpc) is 3.41. The lowest BCUT2D eigenvalue weighted by Gasteiger charge is -2.18. The van der Waals surface area contributed by atoms with E-state index in [0.29, 0.717) is 43.4 Å². The molecule has 3 aromatic rings. The molecule has 0 spiro atoms. The molecule has 0 radical (unpaired) electrons. The molecule has 2 amide bonds. The number of hydrogen-bond donors (Lipinski definition) is 1. The molecular formula is C23H24N4O4. The summed E-state index contributed by atoms with van der Waals surface area (Å²) in [6.07, 6.45) is 0.326. The fourth-order valence-electron chi connectivity index (χ4n) is 3.59. The zero-order chi connectivity index (χ0) is 21.6. The number of likely N-dealkylation sites (tertiary alicyclic amines) is 1. The Bertz CT molecular complexity index is 1050. The summed E-state index contributed by atoms with van der Waals surface area (Å²) in [5.41, 5.74) is 1.53. The monoisotopic (exact) mass is 420 g/mol. The van der Waals surface area contributed by atoms with Gasteiger partial charge in [-0.15, -0.1) is 0 Å². The summed E-state index contributed by atoms with van der Waals surface area (Å²) in [5.74, 6) is 1.27. The molecule has 2 heterocycles. The quantitative estimate of drug-likeness (QED) is 0.602. The molecule has 1 saturated heterocycles. The van der Waals surface area contributed by atoms with Crippen LogP contribution in [0.15, 0.2) is 59.1 Å². The number of hydrogen-bond acceptors (Lipinski definition) is 6. The lowest BCUT2D eigenvalue weighted by atomic mass is 10.1. The Balaban J connectivity index is 1.35. The molecule has 31 heavy (non-hydrogen) atoms. The van der Waals surface area contributed by atoms with Crippen molar-refractivity contribution in [3.05, 3.63) is 77.4 Å². The van der Waals surface area contributed by atoms with Crippen LogP contribution in [0.25, 0.3) is 0 Å². The molecule has 1 atom stereocenters. The number of carbonyl (C=O) groups is 2. The highest BCUT2D eigenvalue weighted by Crippen LogP contribution is 2.29. The second-order valence-corrected chi connectivity index (χ2v) is 7.31. The number of nitrogens with one attached hydrogen (secondary N) is 1. The van der Waals surface area contributed by atoms with Crippen molar-refractivity contribution in [3.8, 4) is 5.75 Å². The second-order valence-electron chi connectivity index (χ2n) is 7.31. The first-order chi connectivity index (χ1) is 15.1. The molecule has 1 fully saturated rings. The molecule has 160 valence electrons. The van der Waals surface area contributed by atoms with Crippen LogP contribution >= 0.6 is 0 Å². The third kappa shape index (κ3) is 4.91. The fraction of sp³-hybridized carbons (Fsp3) is 0.304. The van der Waals surface area contributed by atoms with Gasteiger partial charge in [-0.1, -0.05) is 41.6 Å². The number of ether oxygens (including phenoxy) is 1. The van der Waals surface area contributed by atoms with E-state index in [1.54, 1.807) is 29.2 Å². The Morgan fingerprint density at radius 2 is 1.97 bits per heavy atom. The van der Waals surface area contributed by atoms with Crippen LogP contribution in [0.4, 0.5) is 0 Å². The van der Waals surface area contributed by atoms with Gasteiger partial charge in [-0.25, -0.2) is 0 Å². The van der Waals surface area contributed by atoms with E-state index in [1.807, 2.05) is 37.3 Å². The summed E-state index contributed by atoms with van der Waals surface area (Å²) >= 11 is 0. The van der Waals surface area contributed by atoms with E-state index in [1.165, 1.54) is 0 Å². The predicted octanol–water partition coefficient (Wildman–Crippen LogP) is 2.91. The minimum absolute atomic E-state index is 0.0417. The van der Waals surface area contributed by atoms with Crippen molar-refractivity contribution in [1.82, 2.24) is 20.4 Å². The smallest absolute Gasteiger partial charge is 0.251 e. The number of carbonyl (C=O) groups excluding carboxylic acids is 2. The minimum atomic E-state index is -0.212. The zero-order valence-corrected chi connectivity index (χ0v) is 17.3. The number of amides is 2. The van der Waals surface area contributed by atoms with Crippen molar-refractivity contribution in [2.45, 2.75) is 32.4 Å². The summed E-state index contributed by atoms with van der Waals surface area (Å²) in [4.78, 5) is 30.9. The molecule has 1 unspecified atom stereocenters. The van der Waals surface area contributed by atoms with Crippen LogP contribution < -0.4 is 10.1 Å². The Morgan fingerprint density at radius 1 is 1.19 bits per heavy atom. The lowest BCUT2D eigenvalue weighted by Crippen LogP contribution is -2.24. The summed E-state index contributed by atoms with van der Waals surface area (Å²) in [5, 5.41) is 6.79. The van der Waals surface area contributed by atoms with Gasteiger partial charge in [-0.2, -0.15) is 4.98 Å². The summed E-state index contributed by atoms with van der Waals surface area (Å²) in [6, 6.07) is 16.6. The molecule has 4 rings (SSSR count). The van der Waals surface area contributed by atoms with Gasteiger partial charge >= 0.3 is 0 Å². The number of benzene rings is 2. The normalized spacial score (nSPS) is 15.8. The van der Waals surface area contributed by atoms with Gasteiger partial charge in [-0.05, 0) is 25.1 Å². The van der Waals surface area contributed by atoms with E-state index < -0.39 is 0 Å². The largest absolute Gasteiger partial charge is 0.494 e.